The van der Waals surface area contributed by atoms with Gasteiger partial charge in [-0.15, -0.1) is 0 Å². The molecule has 3 aromatic carbocycles. The van der Waals surface area contributed by atoms with E-state index >= 15 is 0 Å². The van der Waals surface area contributed by atoms with Crippen LogP contribution in [0.15, 0.2) is 97.2 Å². The van der Waals surface area contributed by atoms with Gasteiger partial charge in [0.1, 0.15) is 22.8 Å². The minimum absolute atomic E-state index is 0.296. The molecule has 1 N–H and O–H groups in total. The predicted octanol–water partition coefficient (Wildman–Crippen LogP) is 5.34. The Morgan fingerprint density at radius 1 is 0.875 bits per heavy atom. The third-order valence-electron chi connectivity index (χ3n) is 5.83. The number of fused-ring (bicyclic) bond motifs is 1. The molecule has 5 rings (SSSR count). The van der Waals surface area contributed by atoms with Crippen molar-refractivity contribution < 1.29 is 13.9 Å². The minimum Gasteiger partial charge on any atom is -0.491 e. The van der Waals surface area contributed by atoms with Crippen LogP contribution in [0.2, 0.25) is 0 Å². The van der Waals surface area contributed by atoms with Crippen LogP contribution in [0.5, 0.6) is 5.75 Å². The van der Waals surface area contributed by atoms with Gasteiger partial charge in [-0.05, 0) is 53.1 Å². The largest absolute Gasteiger partial charge is 0.491 e. The Morgan fingerprint density at radius 2 is 1.59 bits per heavy atom. The monoisotopic (exact) mass is 424 g/mol. The number of rotatable bonds is 4. The van der Waals surface area contributed by atoms with Gasteiger partial charge in [-0.25, -0.2) is 4.39 Å². The fourth-order valence-electron chi connectivity index (χ4n) is 4.18. The Kier molecular flexibility index (Phi) is 5.15. The zero-order valence-electron chi connectivity index (χ0n) is 17.3. The lowest BCUT2D eigenvalue weighted by Gasteiger charge is -2.39. The van der Waals surface area contributed by atoms with Gasteiger partial charge in [0.15, 0.2) is 0 Å². The van der Waals surface area contributed by atoms with Crippen LogP contribution >= 0.6 is 0 Å². The number of nitrogens with one attached hydrogen (secondary N) is 1. The highest BCUT2D eigenvalue weighted by molar-refractivity contribution is 5.95. The van der Waals surface area contributed by atoms with Gasteiger partial charge in [-0.1, -0.05) is 54.6 Å². The van der Waals surface area contributed by atoms with E-state index in [9.17, 15) is 9.18 Å². The molecule has 5 heteroatoms. The molecule has 158 valence electrons. The van der Waals surface area contributed by atoms with Crippen LogP contribution < -0.4 is 10.1 Å². The quantitative estimate of drug-likeness (QED) is 0.481. The molecular weight excluding hydrogens is 403 g/mol. The number of ether oxygens (including phenoxy) is 1. The summed E-state index contributed by atoms with van der Waals surface area (Å²) in [5, 5.41) is 3.20. The maximum absolute atomic E-state index is 13.4. The van der Waals surface area contributed by atoms with Crippen molar-refractivity contribution in [3.63, 3.8) is 0 Å². The molecule has 0 fully saturated rings. The molecule has 32 heavy (non-hydrogen) atoms. The first-order valence-electron chi connectivity index (χ1n) is 10.5. The summed E-state index contributed by atoms with van der Waals surface area (Å²) >= 11 is 0. The molecule has 2 heterocycles. The smallest absolute Gasteiger partial charge is 0.252 e. The average molecular weight is 424 g/mol. The second-order valence-electron chi connectivity index (χ2n) is 7.76. The zero-order valence-corrected chi connectivity index (χ0v) is 17.3. The highest BCUT2D eigenvalue weighted by Crippen LogP contribution is 2.41. The number of hydrogen-bond donors (Lipinski definition) is 1. The number of hydrogen-bond acceptors (Lipinski definition) is 3. The third kappa shape index (κ3) is 3.62. The number of pyridine rings is 1. The first-order chi connectivity index (χ1) is 15.7. The lowest BCUT2D eigenvalue weighted by Crippen LogP contribution is -2.50. The molecular formula is C27H21FN2O2. The SMILES string of the molecule is O=C(N[C@]1(c2ccc(-c3ccccc3)cc2)CCOc2cccnc21)c1ccc(F)cc1. The molecule has 1 aromatic heterocycles. The van der Waals surface area contributed by atoms with E-state index in [4.69, 9.17) is 4.74 Å². The summed E-state index contributed by atoms with van der Waals surface area (Å²) in [6.45, 7) is 0.433. The molecule has 1 aliphatic heterocycles. The standard InChI is InChI=1S/C27H21FN2O2/c28-23-14-10-21(11-15-23)26(31)30-27(16-18-32-24-7-4-17-29-25(24)27)22-12-8-20(9-13-22)19-5-2-1-3-6-19/h1-15,17H,16,18H2,(H,30,31)/t27-/m0/s1. The first-order valence-corrected chi connectivity index (χ1v) is 10.5. The van der Waals surface area contributed by atoms with Crippen molar-refractivity contribution in [2.75, 3.05) is 6.61 Å². The van der Waals surface area contributed by atoms with Crippen LogP contribution in [0, 0.1) is 5.82 Å². The Bertz CT molecular complexity index is 1240. The number of benzene rings is 3. The van der Waals surface area contributed by atoms with Gasteiger partial charge in [-0.3, -0.25) is 9.78 Å². The average Bonchev–Trinajstić information content (AvgIpc) is 2.85. The van der Waals surface area contributed by atoms with E-state index in [1.165, 1.54) is 24.3 Å². The molecule has 0 saturated carbocycles. The molecule has 0 bridgehead atoms. The maximum Gasteiger partial charge on any atom is 0.252 e. The van der Waals surface area contributed by atoms with Crippen LogP contribution in [0.25, 0.3) is 11.1 Å². The highest BCUT2D eigenvalue weighted by Gasteiger charge is 2.42. The van der Waals surface area contributed by atoms with E-state index in [1.807, 2.05) is 42.5 Å². The summed E-state index contributed by atoms with van der Waals surface area (Å²) in [4.78, 5) is 17.8. The number of carbonyl (C=O) groups is 1. The Morgan fingerprint density at radius 3 is 2.34 bits per heavy atom. The molecule has 1 atom stereocenters. The molecule has 0 radical (unpaired) electrons. The molecule has 0 aliphatic carbocycles. The lowest BCUT2D eigenvalue weighted by atomic mass is 9.80. The summed E-state index contributed by atoms with van der Waals surface area (Å²) in [5.41, 5.74) is 3.30. The lowest BCUT2D eigenvalue weighted by molar-refractivity contribution is 0.0883. The minimum atomic E-state index is -0.866. The summed E-state index contributed by atoms with van der Waals surface area (Å²) in [7, 11) is 0. The Balaban J connectivity index is 1.58. The van der Waals surface area contributed by atoms with E-state index in [1.54, 1.807) is 6.20 Å². The van der Waals surface area contributed by atoms with E-state index in [0.717, 1.165) is 16.7 Å². The molecule has 1 amide bonds. The normalized spacial score (nSPS) is 17.2. The Hall–Kier alpha value is -3.99. The molecule has 4 aromatic rings. The first kappa shape index (κ1) is 19.9. The van der Waals surface area contributed by atoms with Gasteiger partial charge < -0.3 is 10.1 Å². The molecule has 0 spiro atoms. The Labute approximate surface area is 185 Å². The van der Waals surface area contributed by atoms with Gasteiger partial charge in [0.2, 0.25) is 0 Å². The summed E-state index contributed by atoms with van der Waals surface area (Å²) in [6.07, 6.45) is 2.22. The fraction of sp³-hybridized carbons (Fsp3) is 0.111. The molecule has 1 aliphatic rings. The van der Waals surface area contributed by atoms with E-state index in [0.29, 0.717) is 30.0 Å². The third-order valence-corrected chi connectivity index (χ3v) is 5.83. The van der Waals surface area contributed by atoms with Crippen molar-refractivity contribution in [3.05, 3.63) is 120 Å². The van der Waals surface area contributed by atoms with Crippen LogP contribution in [-0.2, 0) is 5.54 Å². The van der Waals surface area contributed by atoms with Gasteiger partial charge in [0.05, 0.1) is 6.61 Å². The van der Waals surface area contributed by atoms with Crippen LogP contribution in [0.1, 0.15) is 28.0 Å². The van der Waals surface area contributed by atoms with Crippen molar-refractivity contribution in [1.29, 1.82) is 0 Å². The zero-order chi connectivity index (χ0) is 22.0. The number of carbonyl (C=O) groups excluding carboxylic acids is 1. The van der Waals surface area contributed by atoms with Crippen molar-refractivity contribution in [1.82, 2.24) is 10.3 Å². The van der Waals surface area contributed by atoms with Crippen molar-refractivity contribution >= 4 is 5.91 Å². The van der Waals surface area contributed by atoms with Crippen molar-refractivity contribution in [2.45, 2.75) is 12.0 Å². The van der Waals surface area contributed by atoms with E-state index in [-0.39, 0.29) is 11.7 Å². The number of aromatic nitrogens is 1. The van der Waals surface area contributed by atoms with Crippen LogP contribution in [-0.4, -0.2) is 17.5 Å². The fourth-order valence-corrected chi connectivity index (χ4v) is 4.18. The maximum atomic E-state index is 13.4. The molecule has 0 saturated heterocycles. The van der Waals surface area contributed by atoms with Crippen molar-refractivity contribution in [2.24, 2.45) is 0 Å². The second-order valence-corrected chi connectivity index (χ2v) is 7.76. The van der Waals surface area contributed by atoms with Gasteiger partial charge in [0.25, 0.3) is 5.91 Å². The highest BCUT2D eigenvalue weighted by atomic mass is 19.1. The number of amides is 1. The number of halogens is 1. The van der Waals surface area contributed by atoms with Gasteiger partial charge in [-0.2, -0.15) is 0 Å². The van der Waals surface area contributed by atoms with Crippen molar-refractivity contribution in [3.8, 4) is 16.9 Å². The predicted molar refractivity (Wildman–Crippen MR) is 121 cm³/mol. The van der Waals surface area contributed by atoms with E-state index in [2.05, 4.69) is 34.6 Å². The summed E-state index contributed by atoms with van der Waals surface area (Å²) in [5.74, 6) is -0.0354. The summed E-state index contributed by atoms with van der Waals surface area (Å²) in [6, 6.07) is 27.5. The van der Waals surface area contributed by atoms with Gasteiger partial charge >= 0.3 is 0 Å². The van der Waals surface area contributed by atoms with Crippen LogP contribution in [0.4, 0.5) is 4.39 Å². The summed E-state index contributed by atoms with van der Waals surface area (Å²) < 4.78 is 19.2. The molecule has 4 nitrogen and oxygen atoms in total. The number of nitrogens with zero attached hydrogens (tertiary/aromatic N) is 1. The molecule has 0 unspecified atom stereocenters. The van der Waals surface area contributed by atoms with Crippen LogP contribution in [0.3, 0.4) is 0 Å². The van der Waals surface area contributed by atoms with Gasteiger partial charge in [0, 0.05) is 18.2 Å². The topological polar surface area (TPSA) is 51.2 Å². The van der Waals surface area contributed by atoms with E-state index < -0.39 is 5.54 Å². The second kappa shape index (κ2) is 8.27.